The Morgan fingerprint density at radius 3 is 0.391 bits per heavy atom. The summed E-state index contributed by atoms with van der Waals surface area (Å²) in [6, 6.07) is 18.3. The van der Waals surface area contributed by atoms with Crippen molar-refractivity contribution < 1.29 is 92.6 Å². The molecule has 87 heavy (non-hydrogen) atoms. The van der Waals surface area contributed by atoms with Crippen LogP contribution in [0, 0.1) is 0 Å². The molecule has 0 bridgehead atoms. The molecule has 0 fully saturated rings. The first kappa shape index (κ1) is 86.6. The van der Waals surface area contributed by atoms with Gasteiger partial charge in [-0.25, -0.2) is 0 Å². The number of hydrogen-bond donors (Lipinski definition) is 0. The van der Waals surface area contributed by atoms with Crippen LogP contribution >= 0.6 is 15.9 Å². The van der Waals surface area contributed by atoms with Gasteiger partial charge in [-0.1, -0.05) is 298 Å². The molecule has 4 aromatic carbocycles. The summed E-state index contributed by atoms with van der Waals surface area (Å²) in [7, 11) is -9.86. The van der Waals surface area contributed by atoms with E-state index in [0.717, 1.165) is 66.8 Å². The summed E-state index contributed by atoms with van der Waals surface area (Å²) in [5.74, 6) is -1.19. The van der Waals surface area contributed by atoms with Crippen LogP contribution in [0.5, 0.6) is 0 Å². The molecule has 4 rings (SSSR count). The summed E-state index contributed by atoms with van der Waals surface area (Å²) in [5, 5.41) is 0. The van der Waals surface area contributed by atoms with Crippen LogP contribution in [0.1, 0.15) is 350 Å². The molecule has 11 heteroatoms. The van der Waals surface area contributed by atoms with Crippen molar-refractivity contribution in [3.05, 3.63) is 138 Å². The molecule has 0 saturated carbocycles. The molecule has 0 unspecified atom stereocenters. The molecule has 0 saturated heterocycles. The molecule has 0 amide bonds. The van der Waals surface area contributed by atoms with E-state index in [9.17, 15) is 29.4 Å². The van der Waals surface area contributed by atoms with Gasteiger partial charge >= 0.3 is 63.2 Å². The van der Waals surface area contributed by atoms with Crippen molar-refractivity contribution in [2.45, 2.75) is 326 Å². The van der Waals surface area contributed by atoms with Gasteiger partial charge in [0, 0.05) is 11.8 Å². The zero-order valence-electron chi connectivity index (χ0n) is 61.5. The molecule has 0 aliphatic carbocycles. The van der Waals surface area contributed by atoms with Crippen LogP contribution in [0.2, 0.25) is 0 Å². The van der Waals surface area contributed by atoms with Crippen LogP contribution in [-0.2, 0) is 128 Å². The Kier molecular flexibility index (Phi) is 28.0. The van der Waals surface area contributed by atoms with Crippen LogP contribution in [-0.4, -0.2) is 12.3 Å². The van der Waals surface area contributed by atoms with E-state index in [1.165, 1.54) is 22.3 Å². The average molecular weight is 1780 g/mol. The fourth-order valence-corrected chi connectivity index (χ4v) is 13.5. The number of hydrogen-bond acceptors (Lipinski definition) is 6. The first-order chi connectivity index (χ1) is 36.5. The van der Waals surface area contributed by atoms with E-state index in [4.69, 9.17) is 0 Å². The van der Waals surface area contributed by atoms with Gasteiger partial charge < -0.3 is 29.4 Å². The normalized spacial score (nSPS) is 14.1. The Bertz CT molecular complexity index is 2430. The van der Waals surface area contributed by atoms with E-state index in [1.807, 2.05) is 0 Å². The zero-order chi connectivity index (χ0) is 66.5. The second kappa shape index (κ2) is 28.1. The predicted molar refractivity (Wildman–Crippen MR) is 357 cm³/mol. The van der Waals surface area contributed by atoms with Gasteiger partial charge in [-0.3, -0.25) is 0 Å². The van der Waals surface area contributed by atoms with Crippen molar-refractivity contribution >= 4 is 15.9 Å². The van der Waals surface area contributed by atoms with Gasteiger partial charge in [0.25, 0.3) is 0 Å². The van der Waals surface area contributed by atoms with Crippen molar-refractivity contribution in [2.75, 3.05) is 12.3 Å². The van der Waals surface area contributed by atoms with Gasteiger partial charge in [0.05, 0.1) is 12.3 Å². The minimum atomic E-state index is -4.93. The van der Waals surface area contributed by atoms with Crippen molar-refractivity contribution in [1.29, 1.82) is 0 Å². The minimum Gasteiger partial charge on any atom is -0.688 e. The Balaban J connectivity index is 0.00000164. The van der Waals surface area contributed by atoms with E-state index in [0.29, 0.717) is 0 Å². The van der Waals surface area contributed by atoms with Crippen molar-refractivity contribution in [1.82, 2.24) is 0 Å². The van der Waals surface area contributed by atoms with Crippen LogP contribution in [0.3, 0.4) is 0 Å². The van der Waals surface area contributed by atoms with E-state index in [2.05, 4.69) is 298 Å². The summed E-state index contributed by atoms with van der Waals surface area (Å²) >= 11 is 0. The van der Waals surface area contributed by atoms with Crippen LogP contribution in [0.25, 0.3) is 0 Å². The molecule has 0 N–H and O–H groups in total. The predicted octanol–water partition coefficient (Wildman–Crippen LogP) is 16.9. The quantitative estimate of drug-likeness (QED) is 0.161. The number of benzene rings is 4. The molecule has 0 spiro atoms. The maximum Gasteiger partial charge on any atom is 2.00 e. The first-order valence-electron chi connectivity index (χ1n) is 31.3. The summed E-state index contributed by atoms with van der Waals surface area (Å²) in [5.41, 5.74) is 15.3. The van der Waals surface area contributed by atoms with Gasteiger partial charge in [0.15, 0.2) is 0 Å². The average Bonchev–Trinajstić information content (AvgIpc) is 0.850. The molecule has 0 radical (unpaired) electrons. The maximum atomic E-state index is 13.0. The van der Waals surface area contributed by atoms with Crippen LogP contribution in [0.4, 0.5) is 0 Å². The fourth-order valence-electron chi connectivity index (χ4n) is 11.9. The van der Waals surface area contributed by atoms with Gasteiger partial charge in [0.2, 0.25) is 0 Å². The van der Waals surface area contributed by atoms with Gasteiger partial charge in [-0.2, -0.15) is 15.9 Å². The molecule has 0 atom stereocenters. The smallest absolute Gasteiger partial charge is 0.688 e. The van der Waals surface area contributed by atoms with Gasteiger partial charge in [-0.05, 0) is 154 Å². The maximum absolute atomic E-state index is 13.0. The monoisotopic (exact) mass is 1780 g/mol. The molecule has 4 aromatic rings. The molecule has 0 aromatic heterocycles. The van der Waals surface area contributed by atoms with E-state index in [-0.39, 0.29) is 128 Å². The Morgan fingerprint density at radius 1 is 0.218 bits per heavy atom. The molecule has 6 nitrogen and oxygen atoms in total. The third kappa shape index (κ3) is 22.9. The molecular formula is C76H122O6P2Pt3+2. The summed E-state index contributed by atoms with van der Waals surface area (Å²) in [6.45, 7) is 79.5. The third-order valence-corrected chi connectivity index (χ3v) is 18.5. The summed E-state index contributed by atoms with van der Waals surface area (Å²) in [4.78, 5) is 77.7. The minimum absolute atomic E-state index is 0. The fraction of sp³-hybridized carbons (Fsp3) is 0.684. The number of rotatable bonds is 8. The SMILES string of the molecule is CC(C)(C)c1cc(C(C)(C)C)c(C(C[P+]([O-])([O-])[O-])c2c(C(C)(C)C)cc(C(C)(C)C)cc2C(C)(C)C)c(C(C)(C)C)c1.CC(C)(C)c1cc(C(C)(C)C)c(C(C[P+]([O-])([O-])[O-])c2c(C(C)(C)C)cc(C(C)(C)C)cc2C(C)(C)C)c(C(C)(C)C)c1.[Pt+2].[Pt+2].[Pt+2]. The Morgan fingerprint density at radius 2 is 0.322 bits per heavy atom. The van der Waals surface area contributed by atoms with Crippen LogP contribution < -0.4 is 29.4 Å². The second-order valence-electron chi connectivity index (χ2n) is 37.6. The van der Waals surface area contributed by atoms with E-state index < -0.39 is 40.0 Å². The van der Waals surface area contributed by atoms with E-state index >= 15 is 0 Å². The molecule has 0 aliphatic rings. The Hall–Kier alpha value is -0.435. The second-order valence-corrected chi connectivity index (χ2v) is 40.8. The van der Waals surface area contributed by atoms with Crippen molar-refractivity contribution in [2.24, 2.45) is 0 Å². The largest absolute Gasteiger partial charge is 2.00 e. The molecular weight excluding hydrogens is 1660 g/mol. The Labute approximate surface area is 579 Å². The topological polar surface area (TPSA) is 138 Å². The van der Waals surface area contributed by atoms with Gasteiger partial charge in [0.1, 0.15) is 0 Å². The van der Waals surface area contributed by atoms with Crippen molar-refractivity contribution in [3.63, 3.8) is 0 Å². The molecule has 0 heterocycles. The third-order valence-electron chi connectivity index (χ3n) is 16.9. The first-order valence-corrected chi connectivity index (χ1v) is 34.8. The van der Waals surface area contributed by atoms with Crippen molar-refractivity contribution in [3.8, 4) is 0 Å². The molecule has 500 valence electrons. The zero-order valence-corrected chi connectivity index (χ0v) is 70.1. The standard InChI is InChI=1S/2C38H63O3P.3Pt/c2*1-33(2,3)24-19-27(35(7,8)9)31(28(20-24)36(10,11)12)26(23-42(39,40)41)32-29(37(13,14)15)21-25(34(4,5)6)22-30(32)38(16,17)18;;;/h2*19-22,26H,23H2,1-18H3,(H2,39,40,41);;;/q;;3*+2/p-4. The molecule has 0 aliphatic heterocycles. The van der Waals surface area contributed by atoms with Gasteiger partial charge in [-0.15, -0.1) is 0 Å². The summed E-state index contributed by atoms with van der Waals surface area (Å²) < 4.78 is 0. The van der Waals surface area contributed by atoms with Crippen LogP contribution in [0.15, 0.2) is 48.5 Å². The summed E-state index contributed by atoms with van der Waals surface area (Å²) in [6.07, 6.45) is -0.899. The van der Waals surface area contributed by atoms with E-state index in [1.54, 1.807) is 0 Å².